The Bertz CT molecular complexity index is 766. The molecule has 0 spiro atoms. The Morgan fingerprint density at radius 1 is 1.52 bits per heavy atom. The van der Waals surface area contributed by atoms with E-state index in [0.29, 0.717) is 12.1 Å². The van der Waals surface area contributed by atoms with Crippen molar-refractivity contribution in [3.63, 3.8) is 0 Å². The van der Waals surface area contributed by atoms with Gasteiger partial charge in [-0.25, -0.2) is 13.1 Å². The van der Waals surface area contributed by atoms with Crippen molar-refractivity contribution in [3.05, 3.63) is 33.8 Å². The van der Waals surface area contributed by atoms with Crippen LogP contribution in [-0.2, 0) is 16.6 Å². The summed E-state index contributed by atoms with van der Waals surface area (Å²) in [6.07, 6.45) is 1.72. The van der Waals surface area contributed by atoms with E-state index in [1.807, 2.05) is 11.4 Å². The Morgan fingerprint density at radius 2 is 2.33 bits per heavy atom. The SMILES string of the molecule is Cc1[nH]ncc1S(=O)(=O)NCc1cc(C#CCCO)cs1. The van der Waals surface area contributed by atoms with Crippen LogP contribution >= 0.6 is 11.3 Å². The minimum Gasteiger partial charge on any atom is -0.395 e. The lowest BCUT2D eigenvalue weighted by Gasteiger charge is -2.03. The number of aliphatic hydroxyl groups is 1. The van der Waals surface area contributed by atoms with Crippen molar-refractivity contribution in [1.82, 2.24) is 14.9 Å². The maximum atomic E-state index is 12.1. The van der Waals surface area contributed by atoms with Gasteiger partial charge in [0.1, 0.15) is 4.90 Å². The van der Waals surface area contributed by atoms with E-state index in [2.05, 4.69) is 26.8 Å². The van der Waals surface area contributed by atoms with Gasteiger partial charge in [-0.05, 0) is 13.0 Å². The lowest BCUT2D eigenvalue weighted by molar-refractivity contribution is 0.305. The monoisotopic (exact) mass is 325 g/mol. The van der Waals surface area contributed by atoms with E-state index in [1.54, 1.807) is 6.92 Å². The summed E-state index contributed by atoms with van der Waals surface area (Å²) >= 11 is 1.43. The molecule has 0 aromatic carbocycles. The smallest absolute Gasteiger partial charge is 0.244 e. The molecule has 0 bridgehead atoms. The Labute approximate surface area is 127 Å². The van der Waals surface area contributed by atoms with Crippen LogP contribution in [0.4, 0.5) is 0 Å². The zero-order valence-electron chi connectivity index (χ0n) is 11.4. The van der Waals surface area contributed by atoms with Gasteiger partial charge in [-0.3, -0.25) is 5.10 Å². The molecule has 112 valence electrons. The predicted octanol–water partition coefficient (Wildman–Crippen LogP) is 0.992. The van der Waals surface area contributed by atoms with Crippen molar-refractivity contribution in [3.8, 4) is 11.8 Å². The zero-order chi connectivity index (χ0) is 15.3. The standard InChI is InChI=1S/C13H15N3O3S2/c1-10-13(8-14-16-10)21(18,19)15-7-12-6-11(9-20-12)4-2-3-5-17/h6,8-9,15,17H,3,5,7H2,1H3,(H,14,16). The van der Waals surface area contributed by atoms with E-state index in [0.717, 1.165) is 10.4 Å². The predicted molar refractivity (Wildman–Crippen MR) is 80.3 cm³/mol. The Morgan fingerprint density at radius 3 is 3.00 bits per heavy atom. The first-order chi connectivity index (χ1) is 10.0. The highest BCUT2D eigenvalue weighted by Crippen LogP contribution is 2.16. The van der Waals surface area contributed by atoms with E-state index in [-0.39, 0.29) is 18.0 Å². The fourth-order valence-electron chi connectivity index (χ4n) is 1.61. The van der Waals surface area contributed by atoms with Gasteiger partial charge in [0, 0.05) is 28.8 Å². The summed E-state index contributed by atoms with van der Waals surface area (Å²) in [4.78, 5) is 1.02. The van der Waals surface area contributed by atoms with Gasteiger partial charge in [-0.15, -0.1) is 11.3 Å². The average molecular weight is 325 g/mol. The molecule has 0 amide bonds. The number of sulfonamides is 1. The molecule has 0 aliphatic rings. The van der Waals surface area contributed by atoms with Crippen LogP contribution in [0.1, 0.15) is 22.6 Å². The van der Waals surface area contributed by atoms with Gasteiger partial charge in [-0.1, -0.05) is 11.8 Å². The van der Waals surface area contributed by atoms with E-state index in [9.17, 15) is 8.42 Å². The summed E-state index contributed by atoms with van der Waals surface area (Å²) in [5.74, 6) is 5.73. The number of rotatable bonds is 5. The van der Waals surface area contributed by atoms with Gasteiger partial charge in [0.25, 0.3) is 0 Å². The van der Waals surface area contributed by atoms with Crippen molar-refractivity contribution < 1.29 is 13.5 Å². The average Bonchev–Trinajstić information content (AvgIpc) is 3.06. The number of H-pyrrole nitrogens is 1. The number of nitrogens with zero attached hydrogens (tertiary/aromatic N) is 1. The summed E-state index contributed by atoms with van der Waals surface area (Å²) < 4.78 is 26.7. The molecule has 0 saturated heterocycles. The van der Waals surface area contributed by atoms with Crippen molar-refractivity contribution in [2.24, 2.45) is 0 Å². The number of aromatic nitrogens is 2. The molecule has 0 atom stereocenters. The first kappa shape index (κ1) is 15.7. The fourth-order valence-corrected chi connectivity index (χ4v) is 3.60. The topological polar surface area (TPSA) is 95.1 Å². The van der Waals surface area contributed by atoms with E-state index in [4.69, 9.17) is 5.11 Å². The summed E-state index contributed by atoms with van der Waals surface area (Å²) in [6, 6.07) is 1.83. The molecule has 6 nitrogen and oxygen atoms in total. The van der Waals surface area contributed by atoms with Crippen LogP contribution in [0.2, 0.25) is 0 Å². The van der Waals surface area contributed by atoms with Crippen molar-refractivity contribution in [2.75, 3.05) is 6.61 Å². The third kappa shape index (κ3) is 4.15. The molecule has 2 rings (SSSR count). The van der Waals surface area contributed by atoms with Crippen molar-refractivity contribution >= 4 is 21.4 Å². The second-order valence-corrected chi connectivity index (χ2v) is 6.99. The second-order valence-electron chi connectivity index (χ2n) is 4.26. The maximum absolute atomic E-state index is 12.1. The summed E-state index contributed by atoms with van der Waals surface area (Å²) in [6.45, 7) is 1.90. The van der Waals surface area contributed by atoms with Crippen molar-refractivity contribution in [1.29, 1.82) is 0 Å². The van der Waals surface area contributed by atoms with Gasteiger partial charge in [0.15, 0.2) is 0 Å². The molecular weight excluding hydrogens is 310 g/mol. The van der Waals surface area contributed by atoms with Crippen LogP contribution in [0.5, 0.6) is 0 Å². The van der Waals surface area contributed by atoms with E-state index >= 15 is 0 Å². The lowest BCUT2D eigenvalue weighted by Crippen LogP contribution is -2.23. The van der Waals surface area contributed by atoms with Crippen LogP contribution in [0.3, 0.4) is 0 Å². The molecule has 0 radical (unpaired) electrons. The third-order valence-corrected chi connectivity index (χ3v) is 5.08. The number of hydrogen-bond acceptors (Lipinski definition) is 5. The van der Waals surface area contributed by atoms with Gasteiger partial charge < -0.3 is 5.11 Å². The van der Waals surface area contributed by atoms with Crippen LogP contribution in [-0.4, -0.2) is 30.3 Å². The Balaban J connectivity index is 2.01. The number of aryl methyl sites for hydroxylation is 1. The normalized spacial score (nSPS) is 11.1. The molecule has 0 saturated carbocycles. The molecule has 0 aliphatic heterocycles. The molecule has 0 aliphatic carbocycles. The highest BCUT2D eigenvalue weighted by Gasteiger charge is 2.18. The fraction of sp³-hybridized carbons (Fsp3) is 0.308. The summed E-state index contributed by atoms with van der Waals surface area (Å²) in [5, 5.41) is 16.8. The lowest BCUT2D eigenvalue weighted by atomic mass is 10.3. The van der Waals surface area contributed by atoms with Gasteiger partial charge in [0.2, 0.25) is 10.0 Å². The number of aliphatic hydroxyl groups excluding tert-OH is 1. The number of hydrogen-bond donors (Lipinski definition) is 3. The quantitative estimate of drug-likeness (QED) is 0.715. The molecule has 2 heterocycles. The Hall–Kier alpha value is -1.66. The number of nitrogens with one attached hydrogen (secondary N) is 2. The molecule has 0 fully saturated rings. The maximum Gasteiger partial charge on any atom is 0.244 e. The molecule has 3 N–H and O–H groups in total. The van der Waals surface area contributed by atoms with Gasteiger partial charge in [0.05, 0.1) is 18.5 Å². The van der Waals surface area contributed by atoms with E-state index < -0.39 is 10.0 Å². The molecular formula is C13H15N3O3S2. The van der Waals surface area contributed by atoms with Crippen molar-refractivity contribution in [2.45, 2.75) is 24.8 Å². The van der Waals surface area contributed by atoms with Crippen LogP contribution in [0, 0.1) is 18.8 Å². The minimum absolute atomic E-state index is 0.0356. The molecule has 21 heavy (non-hydrogen) atoms. The zero-order valence-corrected chi connectivity index (χ0v) is 13.0. The summed E-state index contributed by atoms with van der Waals surface area (Å²) in [7, 11) is -3.56. The first-order valence-corrected chi connectivity index (χ1v) is 8.56. The molecule has 8 heteroatoms. The van der Waals surface area contributed by atoms with Crippen LogP contribution < -0.4 is 4.72 Å². The second kappa shape index (κ2) is 6.87. The first-order valence-electron chi connectivity index (χ1n) is 6.19. The highest BCUT2D eigenvalue weighted by atomic mass is 32.2. The van der Waals surface area contributed by atoms with Gasteiger partial charge >= 0.3 is 0 Å². The largest absolute Gasteiger partial charge is 0.395 e. The number of thiophene rings is 1. The minimum atomic E-state index is -3.56. The number of aromatic amines is 1. The van der Waals surface area contributed by atoms with E-state index in [1.165, 1.54) is 17.5 Å². The molecule has 2 aromatic heterocycles. The molecule has 0 unspecified atom stereocenters. The van der Waals surface area contributed by atoms with Gasteiger partial charge in [-0.2, -0.15) is 5.10 Å². The molecule has 2 aromatic rings. The summed E-state index contributed by atoms with van der Waals surface area (Å²) in [5.41, 5.74) is 1.33. The Kier molecular flexibility index (Phi) is 5.14. The third-order valence-electron chi connectivity index (χ3n) is 2.63. The van der Waals surface area contributed by atoms with Crippen LogP contribution in [0.25, 0.3) is 0 Å². The van der Waals surface area contributed by atoms with Crippen LogP contribution in [0.15, 0.2) is 22.5 Å². The highest BCUT2D eigenvalue weighted by molar-refractivity contribution is 7.89.